The van der Waals surface area contributed by atoms with Crippen LogP contribution in [0.5, 0.6) is 0 Å². The van der Waals surface area contributed by atoms with Crippen molar-refractivity contribution in [3.05, 3.63) is 5.82 Å². The quantitative estimate of drug-likeness (QED) is 0.849. The van der Waals surface area contributed by atoms with Gasteiger partial charge in [0.05, 0.1) is 6.61 Å². The molecule has 0 spiro atoms. The van der Waals surface area contributed by atoms with Crippen LogP contribution in [-0.2, 0) is 11.3 Å². The number of aliphatic hydroxyl groups excluding tert-OH is 1. The van der Waals surface area contributed by atoms with E-state index in [1.165, 1.54) is 30.8 Å². The van der Waals surface area contributed by atoms with E-state index in [1.54, 1.807) is 7.11 Å². The highest BCUT2D eigenvalue weighted by Gasteiger charge is 2.32. The molecule has 0 amide bonds. The van der Waals surface area contributed by atoms with Crippen molar-refractivity contribution in [3.8, 4) is 0 Å². The first-order valence-electron chi connectivity index (χ1n) is 7.75. The maximum atomic E-state index is 9.47. The summed E-state index contributed by atoms with van der Waals surface area (Å²) in [5.41, 5.74) is 0. The number of likely N-dealkylation sites (tertiary alicyclic amines) is 1. The molecule has 0 radical (unpaired) electrons. The second-order valence-electron chi connectivity index (χ2n) is 5.89. The van der Waals surface area contributed by atoms with Crippen LogP contribution in [0, 0.1) is 0 Å². The van der Waals surface area contributed by atoms with E-state index in [9.17, 15) is 5.11 Å². The van der Waals surface area contributed by atoms with Gasteiger partial charge in [-0.15, -0.1) is 0 Å². The Hall–Kier alpha value is -0.760. The molecular formula is C14H24N4O2S. The number of ether oxygens (including phenoxy) is 1. The van der Waals surface area contributed by atoms with Crippen molar-refractivity contribution in [2.75, 3.05) is 38.3 Å². The van der Waals surface area contributed by atoms with Gasteiger partial charge >= 0.3 is 0 Å². The molecule has 21 heavy (non-hydrogen) atoms. The van der Waals surface area contributed by atoms with Crippen molar-refractivity contribution in [1.29, 1.82) is 0 Å². The minimum atomic E-state index is 0.281. The van der Waals surface area contributed by atoms with Crippen LogP contribution in [0.15, 0.2) is 0 Å². The minimum Gasteiger partial charge on any atom is -0.395 e. The summed E-state index contributed by atoms with van der Waals surface area (Å²) in [4.78, 5) is 9.42. The van der Waals surface area contributed by atoms with E-state index < -0.39 is 0 Å². The molecule has 2 unspecified atom stereocenters. The lowest BCUT2D eigenvalue weighted by Gasteiger charge is -2.30. The maximum absolute atomic E-state index is 9.47. The van der Waals surface area contributed by atoms with Gasteiger partial charge in [0.1, 0.15) is 6.61 Å². The summed E-state index contributed by atoms with van der Waals surface area (Å²) >= 11 is 1.47. The number of aliphatic hydroxyl groups is 1. The molecule has 2 atom stereocenters. The van der Waals surface area contributed by atoms with Gasteiger partial charge in [-0.2, -0.15) is 4.37 Å². The molecule has 1 N–H and O–H groups in total. The molecule has 2 fully saturated rings. The highest BCUT2D eigenvalue weighted by atomic mass is 32.1. The topological polar surface area (TPSA) is 61.7 Å². The van der Waals surface area contributed by atoms with E-state index in [0.717, 1.165) is 37.0 Å². The summed E-state index contributed by atoms with van der Waals surface area (Å²) in [5.74, 6) is 0.776. The van der Waals surface area contributed by atoms with E-state index in [2.05, 4.69) is 19.2 Å². The Morgan fingerprint density at radius 3 is 2.90 bits per heavy atom. The normalized spacial score (nSPS) is 26.9. The summed E-state index contributed by atoms with van der Waals surface area (Å²) in [6.07, 6.45) is 4.74. The summed E-state index contributed by atoms with van der Waals surface area (Å²) in [6.45, 7) is 3.96. The number of anilines is 1. The molecule has 7 heteroatoms. The van der Waals surface area contributed by atoms with E-state index in [4.69, 9.17) is 4.74 Å². The fourth-order valence-electron chi connectivity index (χ4n) is 3.44. The number of rotatable bonds is 6. The van der Waals surface area contributed by atoms with Crippen LogP contribution in [0.2, 0.25) is 0 Å². The van der Waals surface area contributed by atoms with Crippen LogP contribution in [-0.4, -0.2) is 64.8 Å². The Morgan fingerprint density at radius 2 is 2.10 bits per heavy atom. The average molecular weight is 312 g/mol. The molecule has 0 aliphatic carbocycles. The molecule has 1 aromatic heterocycles. The fourth-order valence-corrected chi connectivity index (χ4v) is 4.21. The fraction of sp³-hybridized carbons (Fsp3) is 0.857. The predicted molar refractivity (Wildman–Crippen MR) is 82.7 cm³/mol. The van der Waals surface area contributed by atoms with E-state index in [-0.39, 0.29) is 6.61 Å². The van der Waals surface area contributed by atoms with Gasteiger partial charge in [-0.3, -0.25) is 4.90 Å². The van der Waals surface area contributed by atoms with Crippen molar-refractivity contribution in [1.82, 2.24) is 14.3 Å². The van der Waals surface area contributed by atoms with Crippen LogP contribution in [0.25, 0.3) is 0 Å². The minimum absolute atomic E-state index is 0.281. The Kier molecular flexibility index (Phi) is 5.05. The number of hydrogen-bond acceptors (Lipinski definition) is 7. The molecule has 0 bridgehead atoms. The van der Waals surface area contributed by atoms with Crippen LogP contribution in [0.1, 0.15) is 31.5 Å². The zero-order valence-electron chi connectivity index (χ0n) is 12.6. The van der Waals surface area contributed by atoms with Gasteiger partial charge in [0, 0.05) is 43.8 Å². The molecule has 2 aliphatic heterocycles. The summed E-state index contributed by atoms with van der Waals surface area (Å²) in [5, 5.41) is 10.5. The van der Waals surface area contributed by atoms with Gasteiger partial charge in [-0.1, -0.05) is 0 Å². The summed E-state index contributed by atoms with van der Waals surface area (Å²) < 4.78 is 9.45. The molecule has 2 saturated heterocycles. The monoisotopic (exact) mass is 312 g/mol. The molecule has 1 aromatic rings. The highest BCUT2D eigenvalue weighted by molar-refractivity contribution is 7.09. The molecule has 0 aromatic carbocycles. The van der Waals surface area contributed by atoms with Crippen LogP contribution >= 0.6 is 11.5 Å². The molecule has 3 heterocycles. The molecule has 0 saturated carbocycles. The largest absolute Gasteiger partial charge is 0.395 e. The molecule has 118 valence electrons. The van der Waals surface area contributed by atoms with Crippen LogP contribution in [0.3, 0.4) is 0 Å². The first kappa shape index (κ1) is 15.1. The first-order valence-corrected chi connectivity index (χ1v) is 8.52. The van der Waals surface area contributed by atoms with Gasteiger partial charge in [0.25, 0.3) is 0 Å². The van der Waals surface area contributed by atoms with Crippen LogP contribution in [0.4, 0.5) is 5.13 Å². The van der Waals surface area contributed by atoms with Crippen molar-refractivity contribution in [2.45, 2.75) is 44.4 Å². The second kappa shape index (κ2) is 7.00. The van der Waals surface area contributed by atoms with E-state index >= 15 is 0 Å². The third-order valence-electron chi connectivity index (χ3n) is 4.51. The lowest BCUT2D eigenvalue weighted by Crippen LogP contribution is -2.43. The first-order chi connectivity index (χ1) is 10.3. The van der Waals surface area contributed by atoms with E-state index in [1.807, 2.05) is 0 Å². The lowest BCUT2D eigenvalue weighted by molar-refractivity contribution is 0.153. The number of methoxy groups -OCH3 is 1. The SMILES string of the molecule is COCc1nsc(N2CCCC2CN2CCCC2CO)n1. The molecular weight excluding hydrogens is 288 g/mol. The van der Waals surface area contributed by atoms with Crippen molar-refractivity contribution in [2.24, 2.45) is 0 Å². The van der Waals surface area contributed by atoms with Gasteiger partial charge in [0.15, 0.2) is 5.82 Å². The average Bonchev–Trinajstić information content (AvgIpc) is 3.19. The van der Waals surface area contributed by atoms with Crippen LogP contribution < -0.4 is 4.90 Å². The highest BCUT2D eigenvalue weighted by Crippen LogP contribution is 2.29. The van der Waals surface area contributed by atoms with Gasteiger partial charge in [-0.05, 0) is 32.2 Å². The number of hydrogen-bond donors (Lipinski definition) is 1. The Bertz CT molecular complexity index is 456. The van der Waals surface area contributed by atoms with Crippen molar-refractivity contribution in [3.63, 3.8) is 0 Å². The Labute approximate surface area is 129 Å². The third kappa shape index (κ3) is 3.36. The zero-order valence-corrected chi connectivity index (χ0v) is 13.4. The number of nitrogens with zero attached hydrogens (tertiary/aromatic N) is 4. The van der Waals surface area contributed by atoms with Crippen molar-refractivity contribution >= 4 is 16.7 Å². The smallest absolute Gasteiger partial charge is 0.205 e. The second-order valence-corrected chi connectivity index (χ2v) is 6.62. The van der Waals surface area contributed by atoms with Crippen molar-refractivity contribution < 1.29 is 9.84 Å². The molecule has 6 nitrogen and oxygen atoms in total. The summed E-state index contributed by atoms with van der Waals surface area (Å²) in [6, 6.07) is 0.853. The predicted octanol–water partition coefficient (Wildman–Crippen LogP) is 1.11. The van der Waals surface area contributed by atoms with Gasteiger partial charge in [0.2, 0.25) is 5.13 Å². The number of aromatic nitrogens is 2. The van der Waals surface area contributed by atoms with E-state index in [0.29, 0.717) is 18.7 Å². The Morgan fingerprint density at radius 1 is 1.29 bits per heavy atom. The third-order valence-corrected chi connectivity index (χ3v) is 5.30. The maximum Gasteiger partial charge on any atom is 0.205 e. The molecule has 3 rings (SSSR count). The van der Waals surface area contributed by atoms with Gasteiger partial charge in [-0.25, -0.2) is 4.98 Å². The Balaban J connectivity index is 1.64. The van der Waals surface area contributed by atoms with Gasteiger partial charge < -0.3 is 14.7 Å². The lowest BCUT2D eigenvalue weighted by atomic mass is 10.2. The molecule has 2 aliphatic rings. The zero-order chi connectivity index (χ0) is 14.7. The summed E-state index contributed by atoms with van der Waals surface area (Å²) in [7, 11) is 1.67. The standard InChI is InChI=1S/C14H24N4O2S/c1-20-10-13-15-14(21-16-13)18-7-3-4-11(18)8-17-6-2-5-12(17)9-19/h11-12,19H,2-10H2,1H3.